The normalized spacial score (nSPS) is 41.9. The summed E-state index contributed by atoms with van der Waals surface area (Å²) in [5.74, 6) is -1.51. The van der Waals surface area contributed by atoms with Crippen LogP contribution >= 0.6 is 0 Å². The van der Waals surface area contributed by atoms with Crippen molar-refractivity contribution in [2.75, 3.05) is 13.2 Å². The lowest BCUT2D eigenvalue weighted by Crippen LogP contribution is -2.65. The fourth-order valence-electron chi connectivity index (χ4n) is 3.25. The van der Waals surface area contributed by atoms with Crippen LogP contribution in [-0.4, -0.2) is 117 Å². The van der Waals surface area contributed by atoms with Crippen molar-refractivity contribution in [3.8, 4) is 0 Å². The molecule has 0 aromatic rings. The summed E-state index contributed by atoms with van der Waals surface area (Å²) in [7, 11) is 0. The van der Waals surface area contributed by atoms with Crippen molar-refractivity contribution >= 4 is 11.9 Å². The Morgan fingerprint density at radius 3 is 1.97 bits per heavy atom. The van der Waals surface area contributed by atoms with Gasteiger partial charge in [-0.3, -0.25) is 9.59 Å². The fraction of sp³-hybridized carbons (Fsp3) is 0.882. The number of aliphatic hydroxyl groups is 6. The van der Waals surface area contributed by atoms with Gasteiger partial charge >= 0.3 is 11.9 Å². The first-order valence-electron chi connectivity index (χ1n) is 9.41. The minimum absolute atomic E-state index is 0.0263. The highest BCUT2D eigenvalue weighted by Crippen LogP contribution is 2.31. The maximum Gasteiger partial charge on any atom is 0.306 e. The third-order valence-corrected chi connectivity index (χ3v) is 4.78. The monoisotopic (exact) mass is 440 g/mol. The number of hydrogen-bond acceptors (Lipinski definition) is 13. The standard InChI is InChI=1S/C17H28O13/c1-3-9(21)29-14-8(5-19)28-17(12(24)15(14)26-6(2)20)30-13-7(4-18)27-16(25)11(23)10(13)22/h7-8,10-19,22-25H,3-5H2,1-2H3/t7-,8-,10-,11-,12-,13-,14-,15-,16-,17+/m1/s1. The lowest BCUT2D eigenvalue weighted by molar-refractivity contribution is -0.355. The quantitative estimate of drug-likeness (QED) is 0.210. The molecule has 2 rings (SSSR count). The maximum atomic E-state index is 11.7. The lowest BCUT2D eigenvalue weighted by atomic mass is 9.96. The van der Waals surface area contributed by atoms with Crippen LogP contribution in [0.25, 0.3) is 0 Å². The molecule has 0 bridgehead atoms. The first kappa shape index (κ1) is 24.8. The molecule has 2 heterocycles. The van der Waals surface area contributed by atoms with E-state index in [9.17, 15) is 40.2 Å². The Bertz CT molecular complexity index is 584. The topological polar surface area (TPSA) is 202 Å². The third kappa shape index (κ3) is 5.43. The van der Waals surface area contributed by atoms with Crippen LogP contribution in [0, 0.1) is 0 Å². The van der Waals surface area contributed by atoms with Crippen LogP contribution < -0.4 is 0 Å². The Balaban J connectivity index is 2.25. The van der Waals surface area contributed by atoms with Gasteiger partial charge in [-0.15, -0.1) is 0 Å². The van der Waals surface area contributed by atoms with Crippen LogP contribution in [-0.2, 0) is 33.3 Å². The largest absolute Gasteiger partial charge is 0.455 e. The smallest absolute Gasteiger partial charge is 0.306 e. The summed E-state index contributed by atoms with van der Waals surface area (Å²) in [6, 6.07) is 0. The minimum atomic E-state index is -1.79. The van der Waals surface area contributed by atoms with E-state index in [1.807, 2.05) is 0 Å². The number of ether oxygens (including phenoxy) is 5. The zero-order valence-corrected chi connectivity index (χ0v) is 16.4. The lowest BCUT2D eigenvalue weighted by Gasteiger charge is -2.46. The molecule has 0 spiro atoms. The molecular weight excluding hydrogens is 412 g/mol. The molecule has 0 aromatic heterocycles. The van der Waals surface area contributed by atoms with Gasteiger partial charge in [0.2, 0.25) is 0 Å². The highest BCUT2D eigenvalue weighted by Gasteiger charge is 2.53. The molecule has 0 amide bonds. The highest BCUT2D eigenvalue weighted by atomic mass is 16.7. The van der Waals surface area contributed by atoms with Gasteiger partial charge in [-0.25, -0.2) is 0 Å². The van der Waals surface area contributed by atoms with Crippen LogP contribution in [0.15, 0.2) is 0 Å². The predicted molar refractivity (Wildman–Crippen MR) is 92.3 cm³/mol. The first-order valence-corrected chi connectivity index (χ1v) is 9.41. The molecule has 0 aliphatic carbocycles. The van der Waals surface area contributed by atoms with Gasteiger partial charge in [-0.05, 0) is 0 Å². The number of carbonyl (C=O) groups excluding carboxylic acids is 2. The fourth-order valence-corrected chi connectivity index (χ4v) is 3.25. The summed E-state index contributed by atoms with van der Waals surface area (Å²) < 4.78 is 26.1. The van der Waals surface area contributed by atoms with Gasteiger partial charge in [-0.1, -0.05) is 6.92 Å². The second-order valence-electron chi connectivity index (χ2n) is 6.93. The Morgan fingerprint density at radius 1 is 0.833 bits per heavy atom. The molecule has 6 N–H and O–H groups in total. The molecule has 13 nitrogen and oxygen atoms in total. The van der Waals surface area contributed by atoms with E-state index < -0.39 is 86.6 Å². The Hall–Kier alpha value is -1.42. The van der Waals surface area contributed by atoms with E-state index in [2.05, 4.69) is 0 Å². The Labute approximate surface area is 171 Å². The Morgan fingerprint density at radius 2 is 1.43 bits per heavy atom. The molecule has 2 fully saturated rings. The summed E-state index contributed by atoms with van der Waals surface area (Å²) in [6.07, 6.45) is -15.6. The molecule has 0 saturated carbocycles. The maximum absolute atomic E-state index is 11.7. The number of hydrogen-bond donors (Lipinski definition) is 6. The van der Waals surface area contributed by atoms with Gasteiger partial charge in [0.15, 0.2) is 24.8 Å². The van der Waals surface area contributed by atoms with Gasteiger partial charge in [0, 0.05) is 13.3 Å². The van der Waals surface area contributed by atoms with E-state index in [0.717, 1.165) is 6.92 Å². The van der Waals surface area contributed by atoms with Crippen molar-refractivity contribution in [1.29, 1.82) is 0 Å². The van der Waals surface area contributed by atoms with E-state index in [4.69, 9.17) is 23.7 Å². The van der Waals surface area contributed by atoms with Gasteiger partial charge in [0.25, 0.3) is 0 Å². The summed E-state index contributed by atoms with van der Waals surface area (Å²) >= 11 is 0. The molecule has 13 heteroatoms. The number of esters is 2. The van der Waals surface area contributed by atoms with Crippen molar-refractivity contribution in [2.24, 2.45) is 0 Å². The summed E-state index contributed by atoms with van der Waals surface area (Å²) in [6.45, 7) is 1.15. The molecule has 0 unspecified atom stereocenters. The van der Waals surface area contributed by atoms with E-state index in [1.165, 1.54) is 6.92 Å². The average Bonchev–Trinajstić information content (AvgIpc) is 2.71. The zero-order valence-electron chi connectivity index (χ0n) is 16.4. The second-order valence-corrected chi connectivity index (χ2v) is 6.93. The summed E-state index contributed by atoms with van der Waals surface area (Å²) in [5.41, 5.74) is 0. The molecule has 174 valence electrons. The minimum Gasteiger partial charge on any atom is -0.455 e. The van der Waals surface area contributed by atoms with Crippen molar-refractivity contribution in [3.63, 3.8) is 0 Å². The molecule has 0 aromatic carbocycles. The van der Waals surface area contributed by atoms with Crippen LogP contribution in [0.5, 0.6) is 0 Å². The molecule has 0 radical (unpaired) electrons. The van der Waals surface area contributed by atoms with E-state index in [0.29, 0.717) is 0 Å². The van der Waals surface area contributed by atoms with Gasteiger partial charge < -0.3 is 54.3 Å². The van der Waals surface area contributed by atoms with Gasteiger partial charge in [0.05, 0.1) is 13.2 Å². The molecule has 2 aliphatic rings. The van der Waals surface area contributed by atoms with Crippen molar-refractivity contribution in [1.82, 2.24) is 0 Å². The molecular formula is C17H28O13. The summed E-state index contributed by atoms with van der Waals surface area (Å²) in [5, 5.41) is 59.3. The predicted octanol–water partition coefficient (Wildman–Crippen LogP) is -3.87. The van der Waals surface area contributed by atoms with Crippen LogP contribution in [0.1, 0.15) is 20.3 Å². The second kappa shape index (κ2) is 10.7. The van der Waals surface area contributed by atoms with E-state index >= 15 is 0 Å². The van der Waals surface area contributed by atoms with Gasteiger partial charge in [0.1, 0.15) is 36.6 Å². The SMILES string of the molecule is CCC(=O)O[C@H]1[C@H](OC(C)=O)[C@@H](O)[C@H](O[C@H]2[C@H](O)[C@@H](O)[C@H](O)O[C@@H]2CO)O[C@@H]1CO. The average molecular weight is 440 g/mol. The third-order valence-electron chi connectivity index (χ3n) is 4.78. The Kier molecular flexibility index (Phi) is 8.90. The van der Waals surface area contributed by atoms with E-state index in [1.54, 1.807) is 0 Å². The van der Waals surface area contributed by atoms with Crippen LogP contribution in [0.2, 0.25) is 0 Å². The van der Waals surface area contributed by atoms with Crippen molar-refractivity contribution in [3.05, 3.63) is 0 Å². The van der Waals surface area contributed by atoms with Gasteiger partial charge in [-0.2, -0.15) is 0 Å². The number of carbonyl (C=O) groups is 2. The zero-order chi connectivity index (χ0) is 22.6. The molecule has 2 aliphatic heterocycles. The highest BCUT2D eigenvalue weighted by molar-refractivity contribution is 5.69. The molecule has 30 heavy (non-hydrogen) atoms. The first-order chi connectivity index (χ1) is 14.1. The molecule has 10 atom stereocenters. The van der Waals surface area contributed by atoms with Crippen LogP contribution in [0.4, 0.5) is 0 Å². The number of rotatable bonds is 7. The summed E-state index contributed by atoms with van der Waals surface area (Å²) in [4.78, 5) is 23.2. The molecule has 2 saturated heterocycles. The number of aliphatic hydroxyl groups excluding tert-OH is 6. The van der Waals surface area contributed by atoms with Crippen LogP contribution in [0.3, 0.4) is 0 Å². The van der Waals surface area contributed by atoms with Crippen molar-refractivity contribution < 1.29 is 63.9 Å². The van der Waals surface area contributed by atoms with E-state index in [-0.39, 0.29) is 6.42 Å². The van der Waals surface area contributed by atoms with Crippen molar-refractivity contribution in [2.45, 2.75) is 81.7 Å².